The Bertz CT molecular complexity index is 722. The molecule has 5 heteroatoms. The van der Waals surface area contributed by atoms with Crippen LogP contribution >= 0.6 is 0 Å². The maximum Gasteiger partial charge on any atom is 0.707 e. The Hall–Kier alpha value is -2.76. The van der Waals surface area contributed by atoms with E-state index in [1.807, 2.05) is 48.5 Å². The molecule has 0 aliphatic rings. The number of rotatable bonds is 7. The molecule has 3 aromatic carbocycles. The highest BCUT2D eigenvalue weighted by Gasteiger charge is 2.12. The van der Waals surface area contributed by atoms with E-state index in [4.69, 9.17) is 14.7 Å². The lowest BCUT2D eigenvalue weighted by molar-refractivity contribution is 0.288. The first-order valence-corrected chi connectivity index (χ1v) is 8.16. The van der Waals surface area contributed by atoms with E-state index in [1.165, 1.54) is 11.1 Å². The fourth-order valence-electron chi connectivity index (χ4n) is 2.70. The van der Waals surface area contributed by atoms with Gasteiger partial charge in [-0.05, 0) is 35.4 Å². The number of nitrogens with zero attached hydrogens (tertiary/aromatic N) is 1. The molecule has 0 aliphatic carbocycles. The van der Waals surface area contributed by atoms with Gasteiger partial charge in [-0.15, -0.1) is 0 Å². The molecular formula is C20H20BNO3. The highest BCUT2D eigenvalue weighted by Crippen LogP contribution is 2.23. The second kappa shape index (κ2) is 8.37. The fourth-order valence-corrected chi connectivity index (χ4v) is 2.70. The SMILES string of the molecule is OB(O)Oc1ccc(N(Cc2ccccc2)Cc2ccccc2)cc1. The minimum Gasteiger partial charge on any atom is -0.512 e. The average Bonchev–Trinajstić information content (AvgIpc) is 2.63. The van der Waals surface area contributed by atoms with Crippen LogP contribution in [0.1, 0.15) is 11.1 Å². The van der Waals surface area contributed by atoms with Gasteiger partial charge in [-0.3, -0.25) is 0 Å². The number of benzene rings is 3. The molecule has 0 fully saturated rings. The number of anilines is 1. The first kappa shape index (κ1) is 17.1. The molecule has 0 radical (unpaired) electrons. The molecule has 0 saturated heterocycles. The van der Waals surface area contributed by atoms with E-state index in [-0.39, 0.29) is 0 Å². The lowest BCUT2D eigenvalue weighted by Crippen LogP contribution is -2.22. The molecule has 3 aromatic rings. The predicted molar refractivity (Wildman–Crippen MR) is 100 cm³/mol. The molecule has 4 nitrogen and oxygen atoms in total. The van der Waals surface area contributed by atoms with Gasteiger partial charge >= 0.3 is 7.32 Å². The summed E-state index contributed by atoms with van der Waals surface area (Å²) in [5.41, 5.74) is 3.49. The van der Waals surface area contributed by atoms with Crippen molar-refractivity contribution in [2.45, 2.75) is 13.1 Å². The third kappa shape index (κ3) is 5.11. The molecule has 0 spiro atoms. The zero-order valence-electron chi connectivity index (χ0n) is 13.8. The molecule has 0 atom stereocenters. The van der Waals surface area contributed by atoms with Gasteiger partial charge in [0, 0.05) is 18.8 Å². The Kier molecular flexibility index (Phi) is 5.72. The van der Waals surface area contributed by atoms with Crippen LogP contribution in [-0.4, -0.2) is 17.4 Å². The standard InChI is InChI=1S/C20H20BNO3/c23-21(24)25-20-13-11-19(12-14-20)22(15-17-7-3-1-4-8-17)16-18-9-5-2-6-10-18/h1-14,23-24H,15-16H2. The topological polar surface area (TPSA) is 52.9 Å². The Morgan fingerprint density at radius 2 is 1.16 bits per heavy atom. The molecule has 0 amide bonds. The summed E-state index contributed by atoms with van der Waals surface area (Å²) in [5.74, 6) is 0.415. The van der Waals surface area contributed by atoms with Crippen molar-refractivity contribution in [1.82, 2.24) is 0 Å². The van der Waals surface area contributed by atoms with Crippen molar-refractivity contribution in [3.05, 3.63) is 96.1 Å². The molecule has 0 heterocycles. The fraction of sp³-hybridized carbons (Fsp3) is 0.100. The lowest BCUT2D eigenvalue weighted by Gasteiger charge is -2.25. The summed E-state index contributed by atoms with van der Waals surface area (Å²) >= 11 is 0. The Balaban J connectivity index is 1.82. The van der Waals surface area contributed by atoms with Gasteiger partial charge in [-0.1, -0.05) is 60.7 Å². The van der Waals surface area contributed by atoms with Crippen LogP contribution in [0.4, 0.5) is 5.69 Å². The lowest BCUT2D eigenvalue weighted by atomic mass is 10.1. The summed E-state index contributed by atoms with van der Waals surface area (Å²) in [6.07, 6.45) is 0. The normalized spacial score (nSPS) is 10.3. The predicted octanol–water partition coefficient (Wildman–Crippen LogP) is 3.24. The van der Waals surface area contributed by atoms with Crippen molar-refractivity contribution in [3.63, 3.8) is 0 Å². The van der Waals surface area contributed by atoms with Gasteiger partial charge in [-0.2, -0.15) is 0 Å². The van der Waals surface area contributed by atoms with Gasteiger partial charge in [0.05, 0.1) is 0 Å². The van der Waals surface area contributed by atoms with Gasteiger partial charge in [0.1, 0.15) is 5.75 Å². The molecule has 0 bridgehead atoms. The van der Waals surface area contributed by atoms with Crippen LogP contribution in [0.3, 0.4) is 0 Å². The number of hydrogen-bond acceptors (Lipinski definition) is 4. The van der Waals surface area contributed by atoms with Crippen LogP contribution in [0.5, 0.6) is 5.75 Å². The molecule has 2 N–H and O–H groups in total. The van der Waals surface area contributed by atoms with Crippen molar-refractivity contribution in [2.24, 2.45) is 0 Å². The highest BCUT2D eigenvalue weighted by atomic mass is 16.6. The zero-order valence-corrected chi connectivity index (χ0v) is 13.8. The molecule has 0 unspecified atom stereocenters. The van der Waals surface area contributed by atoms with Crippen molar-refractivity contribution in [3.8, 4) is 5.75 Å². The van der Waals surface area contributed by atoms with E-state index in [0.717, 1.165) is 18.8 Å². The summed E-state index contributed by atoms with van der Waals surface area (Å²) < 4.78 is 4.88. The highest BCUT2D eigenvalue weighted by molar-refractivity contribution is 6.33. The third-order valence-corrected chi connectivity index (χ3v) is 3.88. The minimum atomic E-state index is -1.81. The Morgan fingerprint density at radius 1 is 0.680 bits per heavy atom. The van der Waals surface area contributed by atoms with E-state index in [2.05, 4.69) is 29.2 Å². The van der Waals surface area contributed by atoms with Gasteiger partial charge < -0.3 is 19.6 Å². The first-order chi connectivity index (χ1) is 12.2. The van der Waals surface area contributed by atoms with Crippen LogP contribution in [0.15, 0.2) is 84.9 Å². The first-order valence-electron chi connectivity index (χ1n) is 8.16. The molecule has 0 saturated carbocycles. The van der Waals surface area contributed by atoms with Gasteiger partial charge in [-0.25, -0.2) is 0 Å². The van der Waals surface area contributed by atoms with Crippen molar-refractivity contribution in [1.29, 1.82) is 0 Å². The summed E-state index contributed by atoms with van der Waals surface area (Å²) in [7, 11) is -1.81. The van der Waals surface area contributed by atoms with E-state index in [9.17, 15) is 0 Å². The Morgan fingerprint density at radius 3 is 1.60 bits per heavy atom. The number of hydrogen-bond donors (Lipinski definition) is 2. The van der Waals surface area contributed by atoms with E-state index < -0.39 is 7.32 Å². The molecule has 25 heavy (non-hydrogen) atoms. The largest absolute Gasteiger partial charge is 0.707 e. The van der Waals surface area contributed by atoms with Crippen LogP contribution in [0.2, 0.25) is 0 Å². The molecular weight excluding hydrogens is 313 g/mol. The van der Waals surface area contributed by atoms with Crippen LogP contribution in [-0.2, 0) is 13.1 Å². The molecule has 0 aromatic heterocycles. The van der Waals surface area contributed by atoms with Crippen LogP contribution in [0, 0.1) is 0 Å². The van der Waals surface area contributed by atoms with Crippen molar-refractivity contribution >= 4 is 13.0 Å². The quantitative estimate of drug-likeness (QED) is 0.652. The smallest absolute Gasteiger partial charge is 0.512 e. The third-order valence-electron chi connectivity index (χ3n) is 3.88. The van der Waals surface area contributed by atoms with Crippen molar-refractivity contribution in [2.75, 3.05) is 4.90 Å². The summed E-state index contributed by atoms with van der Waals surface area (Å²) in [4.78, 5) is 2.27. The molecule has 3 rings (SSSR count). The van der Waals surface area contributed by atoms with Gasteiger partial charge in [0.25, 0.3) is 0 Å². The molecule has 126 valence electrons. The average molecular weight is 333 g/mol. The van der Waals surface area contributed by atoms with Gasteiger partial charge in [0.15, 0.2) is 0 Å². The summed E-state index contributed by atoms with van der Waals surface area (Å²) in [6.45, 7) is 1.55. The second-order valence-corrected chi connectivity index (χ2v) is 5.77. The van der Waals surface area contributed by atoms with E-state index in [1.54, 1.807) is 12.1 Å². The Labute approximate surface area is 148 Å². The molecule has 0 aliphatic heterocycles. The summed E-state index contributed by atoms with van der Waals surface area (Å²) in [5, 5.41) is 17.8. The van der Waals surface area contributed by atoms with E-state index in [0.29, 0.717) is 5.75 Å². The van der Waals surface area contributed by atoms with Crippen LogP contribution < -0.4 is 9.55 Å². The maximum absolute atomic E-state index is 8.90. The van der Waals surface area contributed by atoms with Gasteiger partial charge in [0.2, 0.25) is 0 Å². The second-order valence-electron chi connectivity index (χ2n) is 5.77. The maximum atomic E-state index is 8.90. The van der Waals surface area contributed by atoms with Crippen LogP contribution in [0.25, 0.3) is 0 Å². The summed E-state index contributed by atoms with van der Waals surface area (Å²) in [6, 6.07) is 27.9. The minimum absolute atomic E-state index is 0.415. The monoisotopic (exact) mass is 333 g/mol. The van der Waals surface area contributed by atoms with Crippen molar-refractivity contribution < 1.29 is 14.7 Å². The van der Waals surface area contributed by atoms with E-state index >= 15 is 0 Å². The zero-order chi connectivity index (χ0) is 17.5.